The lowest BCUT2D eigenvalue weighted by atomic mass is 10.2. The van der Waals surface area contributed by atoms with Crippen molar-refractivity contribution in [3.05, 3.63) is 0 Å². The molecule has 4 heteroatoms. The van der Waals surface area contributed by atoms with Gasteiger partial charge in [0.05, 0.1) is 32.0 Å². The van der Waals surface area contributed by atoms with Crippen LogP contribution in [0.1, 0.15) is 20.8 Å². The minimum atomic E-state index is 0.189. The van der Waals surface area contributed by atoms with E-state index in [1.54, 1.807) is 0 Å². The average Bonchev–Trinajstić information content (AvgIpc) is 2.23. The van der Waals surface area contributed by atoms with Crippen molar-refractivity contribution in [1.29, 1.82) is 0 Å². The van der Waals surface area contributed by atoms with Crippen LogP contribution in [0.3, 0.4) is 0 Å². The Balaban J connectivity index is 1.90. The van der Waals surface area contributed by atoms with Crippen LogP contribution in [0, 0.1) is 5.92 Å². The standard InChI is InChI=1S/C12H25NO3/c1-10(2)8-14-4-5-15-9-12-7-13-6-11(3)16-12/h10-13H,4-9H2,1-3H3. The van der Waals surface area contributed by atoms with Gasteiger partial charge in [-0.25, -0.2) is 0 Å². The van der Waals surface area contributed by atoms with Crippen LogP contribution < -0.4 is 5.32 Å². The zero-order valence-corrected chi connectivity index (χ0v) is 10.7. The second-order valence-corrected chi connectivity index (χ2v) is 4.77. The van der Waals surface area contributed by atoms with E-state index in [1.165, 1.54) is 0 Å². The van der Waals surface area contributed by atoms with Gasteiger partial charge >= 0.3 is 0 Å². The van der Waals surface area contributed by atoms with Crippen molar-refractivity contribution in [2.24, 2.45) is 5.92 Å². The van der Waals surface area contributed by atoms with E-state index in [2.05, 4.69) is 26.1 Å². The lowest BCUT2D eigenvalue weighted by Crippen LogP contribution is -2.45. The van der Waals surface area contributed by atoms with Gasteiger partial charge in [-0.15, -0.1) is 0 Å². The molecule has 1 N–H and O–H groups in total. The minimum absolute atomic E-state index is 0.189. The van der Waals surface area contributed by atoms with Gasteiger partial charge in [-0.05, 0) is 12.8 Å². The van der Waals surface area contributed by atoms with Crippen molar-refractivity contribution in [3.63, 3.8) is 0 Å². The van der Waals surface area contributed by atoms with Gasteiger partial charge in [0, 0.05) is 19.7 Å². The Labute approximate surface area is 98.6 Å². The quantitative estimate of drug-likeness (QED) is 0.665. The first kappa shape index (κ1) is 13.9. The molecule has 0 radical (unpaired) electrons. The molecule has 1 aliphatic heterocycles. The summed E-state index contributed by atoms with van der Waals surface area (Å²) in [4.78, 5) is 0. The highest BCUT2D eigenvalue weighted by Gasteiger charge is 2.18. The summed E-state index contributed by atoms with van der Waals surface area (Å²) in [6.45, 7) is 11.0. The fourth-order valence-electron chi connectivity index (χ4n) is 1.62. The second kappa shape index (κ2) is 8.01. The van der Waals surface area contributed by atoms with Crippen LogP contribution in [0.15, 0.2) is 0 Å². The van der Waals surface area contributed by atoms with E-state index in [1.807, 2.05) is 0 Å². The number of rotatable bonds is 7. The highest BCUT2D eigenvalue weighted by atomic mass is 16.6. The van der Waals surface area contributed by atoms with E-state index in [9.17, 15) is 0 Å². The number of hydrogen-bond donors (Lipinski definition) is 1. The largest absolute Gasteiger partial charge is 0.379 e. The molecule has 0 aliphatic carbocycles. The Bertz CT molecular complexity index is 176. The van der Waals surface area contributed by atoms with E-state index < -0.39 is 0 Å². The molecule has 1 aliphatic rings. The predicted molar refractivity (Wildman–Crippen MR) is 63.7 cm³/mol. The Morgan fingerprint density at radius 1 is 1.25 bits per heavy atom. The number of hydrogen-bond acceptors (Lipinski definition) is 4. The normalized spacial score (nSPS) is 26.2. The fraction of sp³-hybridized carbons (Fsp3) is 1.00. The van der Waals surface area contributed by atoms with Gasteiger partial charge in [-0.3, -0.25) is 0 Å². The van der Waals surface area contributed by atoms with E-state index in [0.717, 1.165) is 19.7 Å². The van der Waals surface area contributed by atoms with E-state index >= 15 is 0 Å². The second-order valence-electron chi connectivity index (χ2n) is 4.77. The summed E-state index contributed by atoms with van der Waals surface area (Å²) in [6.07, 6.45) is 0.480. The van der Waals surface area contributed by atoms with E-state index in [-0.39, 0.29) is 6.10 Å². The molecular weight excluding hydrogens is 206 g/mol. The molecule has 0 saturated carbocycles. The van der Waals surface area contributed by atoms with Crippen molar-refractivity contribution >= 4 is 0 Å². The lowest BCUT2D eigenvalue weighted by molar-refractivity contribution is -0.0753. The first-order chi connectivity index (χ1) is 7.68. The van der Waals surface area contributed by atoms with Crippen LogP contribution in [0.5, 0.6) is 0 Å². The number of morpholine rings is 1. The van der Waals surface area contributed by atoms with Gasteiger partial charge in [-0.2, -0.15) is 0 Å². The molecule has 0 spiro atoms. The van der Waals surface area contributed by atoms with Crippen LogP contribution in [-0.2, 0) is 14.2 Å². The maximum absolute atomic E-state index is 5.70. The van der Waals surface area contributed by atoms with Gasteiger partial charge in [0.25, 0.3) is 0 Å². The Hall–Kier alpha value is -0.160. The van der Waals surface area contributed by atoms with Crippen molar-refractivity contribution < 1.29 is 14.2 Å². The van der Waals surface area contributed by atoms with Gasteiger partial charge in [0.15, 0.2) is 0 Å². The Morgan fingerprint density at radius 3 is 2.69 bits per heavy atom. The van der Waals surface area contributed by atoms with Crippen molar-refractivity contribution in [2.45, 2.75) is 33.0 Å². The maximum atomic E-state index is 5.70. The monoisotopic (exact) mass is 231 g/mol. The van der Waals surface area contributed by atoms with Gasteiger partial charge in [0.1, 0.15) is 0 Å². The summed E-state index contributed by atoms with van der Waals surface area (Å²) in [6, 6.07) is 0. The molecule has 1 saturated heterocycles. The smallest absolute Gasteiger partial charge is 0.0936 e. The van der Waals surface area contributed by atoms with Crippen LogP contribution in [0.25, 0.3) is 0 Å². The van der Waals surface area contributed by atoms with Gasteiger partial charge < -0.3 is 19.5 Å². The number of ether oxygens (including phenoxy) is 3. The zero-order valence-electron chi connectivity index (χ0n) is 10.7. The molecule has 16 heavy (non-hydrogen) atoms. The van der Waals surface area contributed by atoms with E-state index in [4.69, 9.17) is 14.2 Å². The molecule has 0 amide bonds. The minimum Gasteiger partial charge on any atom is -0.379 e. The Morgan fingerprint density at radius 2 is 2.00 bits per heavy atom. The molecule has 2 unspecified atom stereocenters. The molecule has 96 valence electrons. The average molecular weight is 231 g/mol. The highest BCUT2D eigenvalue weighted by molar-refractivity contribution is 4.71. The van der Waals surface area contributed by atoms with Crippen LogP contribution in [0.2, 0.25) is 0 Å². The summed E-state index contributed by atoms with van der Waals surface area (Å²) < 4.78 is 16.6. The summed E-state index contributed by atoms with van der Waals surface area (Å²) in [5.41, 5.74) is 0. The molecule has 0 aromatic rings. The predicted octanol–water partition coefficient (Wildman–Crippen LogP) is 1.05. The van der Waals surface area contributed by atoms with Gasteiger partial charge in [0.2, 0.25) is 0 Å². The zero-order chi connectivity index (χ0) is 11.8. The summed E-state index contributed by atoms with van der Waals surface area (Å²) in [5, 5.41) is 3.32. The van der Waals surface area contributed by atoms with Crippen molar-refractivity contribution in [1.82, 2.24) is 5.32 Å². The third kappa shape index (κ3) is 6.43. The van der Waals surface area contributed by atoms with Crippen molar-refractivity contribution in [3.8, 4) is 0 Å². The topological polar surface area (TPSA) is 39.7 Å². The van der Waals surface area contributed by atoms with Crippen molar-refractivity contribution in [2.75, 3.05) is 39.5 Å². The molecule has 0 aromatic heterocycles. The summed E-state index contributed by atoms with van der Waals surface area (Å²) in [7, 11) is 0. The van der Waals surface area contributed by atoms with Gasteiger partial charge in [-0.1, -0.05) is 13.8 Å². The summed E-state index contributed by atoms with van der Waals surface area (Å²) in [5.74, 6) is 0.590. The van der Waals surface area contributed by atoms with E-state index in [0.29, 0.717) is 31.8 Å². The first-order valence-electron chi connectivity index (χ1n) is 6.20. The first-order valence-corrected chi connectivity index (χ1v) is 6.20. The SMILES string of the molecule is CC(C)COCCOCC1CNCC(C)O1. The maximum Gasteiger partial charge on any atom is 0.0936 e. The van der Waals surface area contributed by atoms with Crippen LogP contribution in [0.4, 0.5) is 0 Å². The highest BCUT2D eigenvalue weighted by Crippen LogP contribution is 2.03. The summed E-state index contributed by atoms with van der Waals surface area (Å²) >= 11 is 0. The molecule has 0 bridgehead atoms. The van der Waals surface area contributed by atoms with Crippen LogP contribution >= 0.6 is 0 Å². The fourth-order valence-corrected chi connectivity index (χ4v) is 1.62. The molecule has 4 nitrogen and oxygen atoms in total. The molecule has 1 heterocycles. The molecule has 0 aromatic carbocycles. The lowest BCUT2D eigenvalue weighted by Gasteiger charge is -2.28. The molecule has 1 fully saturated rings. The third-order valence-corrected chi connectivity index (χ3v) is 2.36. The number of nitrogens with one attached hydrogen (secondary N) is 1. The Kier molecular flexibility index (Phi) is 6.96. The molecule has 2 atom stereocenters. The molecular formula is C12H25NO3. The molecule has 1 rings (SSSR count). The van der Waals surface area contributed by atoms with Crippen LogP contribution in [-0.4, -0.2) is 51.7 Å². The third-order valence-electron chi connectivity index (χ3n) is 2.36.